The maximum atomic E-state index is 9.76. The zero-order valence-electron chi connectivity index (χ0n) is 11.6. The van der Waals surface area contributed by atoms with Crippen molar-refractivity contribution in [2.45, 2.75) is 26.7 Å². The van der Waals surface area contributed by atoms with Crippen LogP contribution in [0.4, 0.5) is 0 Å². The number of aromatic nitrogens is 1. The molecule has 4 heteroatoms. The minimum absolute atomic E-state index is 0.123. The quantitative estimate of drug-likeness (QED) is 0.854. The molecule has 3 nitrogen and oxygen atoms in total. The number of para-hydroxylation sites is 1. The number of hydrogen-bond acceptors (Lipinski definition) is 4. The van der Waals surface area contributed by atoms with Gasteiger partial charge in [0.05, 0.1) is 21.8 Å². The first-order chi connectivity index (χ1) is 9.08. The van der Waals surface area contributed by atoms with E-state index in [0.29, 0.717) is 12.5 Å². The van der Waals surface area contributed by atoms with E-state index in [-0.39, 0.29) is 12.0 Å². The lowest BCUT2D eigenvalue weighted by Gasteiger charge is -2.31. The van der Waals surface area contributed by atoms with E-state index in [2.05, 4.69) is 24.9 Å². The molecule has 0 amide bonds. The Balaban J connectivity index is 2.25. The van der Waals surface area contributed by atoms with Crippen molar-refractivity contribution in [2.75, 3.05) is 13.2 Å². The van der Waals surface area contributed by atoms with Crippen LogP contribution in [0.3, 0.4) is 0 Å². The Kier molecular flexibility index (Phi) is 4.55. The third kappa shape index (κ3) is 3.32. The molecule has 0 aliphatic carbocycles. The molecule has 0 saturated carbocycles. The number of benzene rings is 1. The molecule has 1 heterocycles. The van der Waals surface area contributed by atoms with Gasteiger partial charge in [-0.1, -0.05) is 26.0 Å². The molecule has 0 fully saturated rings. The van der Waals surface area contributed by atoms with Crippen LogP contribution in [0.15, 0.2) is 24.3 Å². The van der Waals surface area contributed by atoms with Gasteiger partial charge in [0.25, 0.3) is 0 Å². The number of aliphatic hydroxyl groups excluding tert-OH is 1. The van der Waals surface area contributed by atoms with Crippen LogP contribution in [0.25, 0.3) is 10.2 Å². The molecule has 1 unspecified atom stereocenters. The predicted octanol–water partition coefficient (Wildman–Crippen LogP) is 2.82. The van der Waals surface area contributed by atoms with E-state index in [4.69, 9.17) is 5.73 Å². The first-order valence-electron chi connectivity index (χ1n) is 6.74. The number of nitrogens with zero attached hydrogens (tertiary/aromatic N) is 1. The molecule has 0 spiro atoms. The second-order valence-electron chi connectivity index (χ2n) is 5.71. The highest BCUT2D eigenvalue weighted by molar-refractivity contribution is 7.18. The Morgan fingerprint density at radius 1 is 1.37 bits per heavy atom. The minimum atomic E-state index is -0.234. The SMILES string of the molecule is CC(C)CC(CN)(CO)Cc1nc2ccccc2s1. The van der Waals surface area contributed by atoms with E-state index < -0.39 is 0 Å². The standard InChI is InChI=1S/C15H22N2OS/c1-11(2)7-15(9-16,10-18)8-14-17-12-5-3-4-6-13(12)19-14/h3-6,11,18H,7-10,16H2,1-2H3. The van der Waals surface area contributed by atoms with Gasteiger partial charge in [0.15, 0.2) is 0 Å². The first kappa shape index (κ1) is 14.4. The van der Waals surface area contributed by atoms with Crippen molar-refractivity contribution >= 4 is 21.6 Å². The number of thiazole rings is 1. The molecule has 0 aliphatic heterocycles. The Morgan fingerprint density at radius 2 is 2.11 bits per heavy atom. The van der Waals surface area contributed by atoms with Crippen LogP contribution < -0.4 is 5.73 Å². The number of nitrogens with two attached hydrogens (primary N) is 1. The number of fused-ring (bicyclic) bond motifs is 1. The van der Waals surface area contributed by atoms with Crippen molar-refractivity contribution in [1.29, 1.82) is 0 Å². The second kappa shape index (κ2) is 5.99. The summed E-state index contributed by atoms with van der Waals surface area (Å²) < 4.78 is 1.20. The molecular weight excluding hydrogens is 256 g/mol. The molecule has 0 bridgehead atoms. The summed E-state index contributed by atoms with van der Waals surface area (Å²) in [7, 11) is 0. The first-order valence-corrected chi connectivity index (χ1v) is 7.55. The van der Waals surface area contributed by atoms with E-state index in [9.17, 15) is 5.11 Å². The summed E-state index contributed by atoms with van der Waals surface area (Å²) in [6.45, 7) is 4.95. The summed E-state index contributed by atoms with van der Waals surface area (Å²) >= 11 is 1.70. The zero-order chi connectivity index (χ0) is 13.9. The van der Waals surface area contributed by atoms with E-state index >= 15 is 0 Å². The van der Waals surface area contributed by atoms with E-state index in [1.165, 1.54) is 4.70 Å². The molecule has 0 aliphatic rings. The average molecular weight is 278 g/mol. The maximum absolute atomic E-state index is 9.76. The van der Waals surface area contributed by atoms with Crippen molar-refractivity contribution in [2.24, 2.45) is 17.1 Å². The molecule has 0 saturated heterocycles. The van der Waals surface area contributed by atoms with Crippen LogP contribution in [-0.2, 0) is 6.42 Å². The molecule has 1 atom stereocenters. The number of hydrogen-bond donors (Lipinski definition) is 2. The van der Waals surface area contributed by atoms with Crippen LogP contribution in [0, 0.1) is 11.3 Å². The molecule has 104 valence electrons. The molecule has 19 heavy (non-hydrogen) atoms. The molecular formula is C15H22N2OS. The zero-order valence-corrected chi connectivity index (χ0v) is 12.4. The third-order valence-electron chi connectivity index (χ3n) is 3.47. The van der Waals surface area contributed by atoms with Gasteiger partial charge in [0.1, 0.15) is 0 Å². The van der Waals surface area contributed by atoms with Crippen molar-refractivity contribution in [3.05, 3.63) is 29.3 Å². The Morgan fingerprint density at radius 3 is 2.68 bits per heavy atom. The number of aliphatic hydroxyl groups is 1. The lowest BCUT2D eigenvalue weighted by molar-refractivity contribution is 0.108. The van der Waals surface area contributed by atoms with Crippen molar-refractivity contribution < 1.29 is 5.11 Å². The normalized spacial score (nSPS) is 15.0. The van der Waals surface area contributed by atoms with Crippen LogP contribution in [0.1, 0.15) is 25.3 Å². The van der Waals surface area contributed by atoms with Gasteiger partial charge in [-0.15, -0.1) is 11.3 Å². The van der Waals surface area contributed by atoms with E-state index in [1.807, 2.05) is 18.2 Å². The fourth-order valence-corrected chi connectivity index (χ4v) is 3.74. The summed E-state index contributed by atoms with van der Waals surface area (Å²) in [5, 5.41) is 10.8. The van der Waals surface area contributed by atoms with Gasteiger partial charge in [-0.3, -0.25) is 0 Å². The molecule has 1 aromatic heterocycles. The van der Waals surface area contributed by atoms with Gasteiger partial charge < -0.3 is 10.8 Å². The topological polar surface area (TPSA) is 59.1 Å². The Labute approximate surface area is 118 Å². The second-order valence-corrected chi connectivity index (χ2v) is 6.83. The fraction of sp³-hybridized carbons (Fsp3) is 0.533. The maximum Gasteiger partial charge on any atom is 0.0945 e. The van der Waals surface area contributed by atoms with Gasteiger partial charge in [-0.05, 0) is 24.5 Å². The lowest BCUT2D eigenvalue weighted by Crippen LogP contribution is -2.37. The van der Waals surface area contributed by atoms with Crippen LogP contribution in [0.2, 0.25) is 0 Å². The number of rotatable bonds is 6. The highest BCUT2D eigenvalue weighted by Gasteiger charge is 2.30. The van der Waals surface area contributed by atoms with Crippen molar-refractivity contribution in [3.63, 3.8) is 0 Å². The van der Waals surface area contributed by atoms with Crippen LogP contribution in [0.5, 0.6) is 0 Å². The summed E-state index contributed by atoms with van der Waals surface area (Å²) in [6.07, 6.45) is 1.69. The summed E-state index contributed by atoms with van der Waals surface area (Å²) in [5.41, 5.74) is 6.73. The van der Waals surface area contributed by atoms with E-state index in [1.54, 1.807) is 11.3 Å². The fourth-order valence-electron chi connectivity index (χ4n) is 2.60. The monoisotopic (exact) mass is 278 g/mol. The Hall–Kier alpha value is -0.970. The van der Waals surface area contributed by atoms with Gasteiger partial charge in [0, 0.05) is 18.4 Å². The summed E-state index contributed by atoms with van der Waals surface area (Å²) in [4.78, 5) is 4.65. The van der Waals surface area contributed by atoms with Crippen molar-refractivity contribution in [3.8, 4) is 0 Å². The molecule has 0 radical (unpaired) electrons. The molecule has 3 N–H and O–H groups in total. The minimum Gasteiger partial charge on any atom is -0.396 e. The third-order valence-corrected chi connectivity index (χ3v) is 4.51. The predicted molar refractivity (Wildman–Crippen MR) is 81.4 cm³/mol. The average Bonchev–Trinajstić information content (AvgIpc) is 2.79. The lowest BCUT2D eigenvalue weighted by atomic mass is 9.78. The Bertz CT molecular complexity index is 499. The van der Waals surface area contributed by atoms with Gasteiger partial charge in [-0.2, -0.15) is 0 Å². The van der Waals surface area contributed by atoms with Crippen molar-refractivity contribution in [1.82, 2.24) is 4.98 Å². The summed E-state index contributed by atoms with van der Waals surface area (Å²) in [5.74, 6) is 0.519. The van der Waals surface area contributed by atoms with Crippen LogP contribution >= 0.6 is 11.3 Å². The largest absolute Gasteiger partial charge is 0.396 e. The van der Waals surface area contributed by atoms with Crippen LogP contribution in [-0.4, -0.2) is 23.2 Å². The molecule has 2 rings (SSSR count). The van der Waals surface area contributed by atoms with Gasteiger partial charge in [-0.25, -0.2) is 4.98 Å². The highest BCUT2D eigenvalue weighted by atomic mass is 32.1. The highest BCUT2D eigenvalue weighted by Crippen LogP contribution is 2.32. The van der Waals surface area contributed by atoms with E-state index in [0.717, 1.165) is 23.4 Å². The van der Waals surface area contributed by atoms with Gasteiger partial charge >= 0.3 is 0 Å². The van der Waals surface area contributed by atoms with Gasteiger partial charge in [0.2, 0.25) is 0 Å². The molecule has 1 aromatic carbocycles. The summed E-state index contributed by atoms with van der Waals surface area (Å²) in [6, 6.07) is 8.14. The smallest absolute Gasteiger partial charge is 0.0945 e. The molecule has 2 aromatic rings.